The predicted molar refractivity (Wildman–Crippen MR) is 152 cm³/mol. The van der Waals surface area contributed by atoms with Crippen molar-refractivity contribution in [2.75, 3.05) is 41.4 Å². The van der Waals surface area contributed by atoms with Crippen molar-refractivity contribution in [3.8, 4) is 0 Å². The Kier molecular flexibility index (Phi) is 8.54. The lowest BCUT2D eigenvalue weighted by Crippen LogP contribution is -2.34. The van der Waals surface area contributed by atoms with Crippen molar-refractivity contribution in [3.05, 3.63) is 63.2 Å². The molecule has 2 saturated heterocycles. The molecule has 0 radical (unpaired) electrons. The van der Waals surface area contributed by atoms with E-state index in [9.17, 15) is 10.1 Å². The lowest BCUT2D eigenvalue weighted by Gasteiger charge is -2.30. The molecule has 3 aromatic rings. The molecule has 0 saturated carbocycles. The summed E-state index contributed by atoms with van der Waals surface area (Å²) in [5.41, 5.74) is 3.52. The van der Waals surface area contributed by atoms with Crippen LogP contribution in [0, 0.1) is 10.1 Å². The summed E-state index contributed by atoms with van der Waals surface area (Å²) >= 11 is 7.27. The van der Waals surface area contributed by atoms with E-state index in [2.05, 4.69) is 30.3 Å². The van der Waals surface area contributed by atoms with E-state index in [0.29, 0.717) is 33.3 Å². The van der Waals surface area contributed by atoms with Crippen LogP contribution in [-0.2, 0) is 0 Å². The monoisotopic (exact) mass is 552 g/mol. The van der Waals surface area contributed by atoms with Crippen LogP contribution < -0.4 is 15.2 Å². The van der Waals surface area contributed by atoms with Gasteiger partial charge in [-0.05, 0) is 68.9 Å². The van der Waals surface area contributed by atoms with E-state index < -0.39 is 0 Å². The Bertz CT molecular complexity index is 1260. The number of anilines is 3. The fraction of sp³-hybridized carbons (Fsp3) is 0.385. The molecule has 0 bridgehead atoms. The summed E-state index contributed by atoms with van der Waals surface area (Å²) in [4.78, 5) is 31.2. The van der Waals surface area contributed by atoms with E-state index >= 15 is 0 Å². The Labute approximate surface area is 230 Å². The van der Waals surface area contributed by atoms with Crippen LogP contribution in [0.4, 0.5) is 23.5 Å². The fourth-order valence-corrected chi connectivity index (χ4v) is 5.54. The Balaban J connectivity index is 1.34. The number of hydrogen-bond acceptors (Lipinski definition) is 10. The van der Waals surface area contributed by atoms with Gasteiger partial charge in [-0.1, -0.05) is 29.4 Å². The molecule has 0 aliphatic carbocycles. The number of benzene rings is 2. The molecule has 10 nitrogen and oxygen atoms in total. The lowest BCUT2D eigenvalue weighted by atomic mass is 10.1. The van der Waals surface area contributed by atoms with Gasteiger partial charge in [0.1, 0.15) is 0 Å². The van der Waals surface area contributed by atoms with Gasteiger partial charge in [-0.2, -0.15) is 20.1 Å². The van der Waals surface area contributed by atoms with Gasteiger partial charge in [0.25, 0.3) is 5.69 Å². The molecule has 1 N–H and O–H groups in total. The van der Waals surface area contributed by atoms with Crippen molar-refractivity contribution >= 4 is 53.1 Å². The summed E-state index contributed by atoms with van der Waals surface area (Å²) in [7, 11) is 0. The van der Waals surface area contributed by atoms with Crippen LogP contribution in [0.1, 0.15) is 44.1 Å². The summed E-state index contributed by atoms with van der Waals surface area (Å²) in [5, 5.41) is 16.7. The molecular weight excluding hydrogens is 524 g/mol. The first kappa shape index (κ1) is 26.2. The van der Waals surface area contributed by atoms with E-state index in [1.807, 2.05) is 12.1 Å². The first-order chi connectivity index (χ1) is 18.5. The van der Waals surface area contributed by atoms with Gasteiger partial charge in [0.15, 0.2) is 0 Å². The second kappa shape index (κ2) is 12.4. The molecule has 2 aromatic carbocycles. The van der Waals surface area contributed by atoms with Crippen LogP contribution >= 0.6 is 23.4 Å². The topological polar surface area (TPSA) is 113 Å². The van der Waals surface area contributed by atoms with Gasteiger partial charge >= 0.3 is 0 Å². The third-order valence-corrected chi connectivity index (χ3v) is 7.81. The Morgan fingerprint density at radius 1 is 0.895 bits per heavy atom. The van der Waals surface area contributed by atoms with Crippen molar-refractivity contribution in [2.24, 2.45) is 5.10 Å². The van der Waals surface area contributed by atoms with E-state index in [-0.39, 0.29) is 10.6 Å². The van der Waals surface area contributed by atoms with E-state index in [0.717, 1.165) is 56.8 Å². The third-order valence-electron chi connectivity index (χ3n) is 6.49. The van der Waals surface area contributed by atoms with Crippen molar-refractivity contribution in [2.45, 2.75) is 48.3 Å². The minimum Gasteiger partial charge on any atom is -0.341 e. The van der Waals surface area contributed by atoms with Crippen molar-refractivity contribution in [3.63, 3.8) is 0 Å². The zero-order valence-electron chi connectivity index (χ0n) is 20.9. The number of hydrazone groups is 1. The summed E-state index contributed by atoms with van der Waals surface area (Å²) in [6.45, 7) is 3.71. The highest BCUT2D eigenvalue weighted by Gasteiger charge is 2.20. The predicted octanol–water partition coefficient (Wildman–Crippen LogP) is 6.01. The molecule has 0 atom stereocenters. The molecule has 2 fully saturated rings. The molecule has 0 spiro atoms. The maximum Gasteiger partial charge on any atom is 0.283 e. The second-order valence-corrected chi connectivity index (χ2v) is 10.8. The number of nitro groups is 1. The zero-order chi connectivity index (χ0) is 26.3. The van der Waals surface area contributed by atoms with E-state index in [1.165, 1.54) is 36.9 Å². The molecule has 38 heavy (non-hydrogen) atoms. The Morgan fingerprint density at radius 2 is 1.50 bits per heavy atom. The lowest BCUT2D eigenvalue weighted by molar-refractivity contribution is -0.387. The highest BCUT2D eigenvalue weighted by atomic mass is 35.5. The number of rotatable bonds is 8. The molecule has 2 aliphatic rings. The highest BCUT2D eigenvalue weighted by molar-refractivity contribution is 7.99. The largest absolute Gasteiger partial charge is 0.341 e. The first-order valence-corrected chi connectivity index (χ1v) is 14.0. The summed E-state index contributed by atoms with van der Waals surface area (Å²) in [6, 6.07) is 12.2. The second-order valence-electron chi connectivity index (χ2n) is 9.26. The van der Waals surface area contributed by atoms with Gasteiger partial charge in [0, 0.05) is 47.7 Å². The maximum absolute atomic E-state index is 11.8. The number of nitrogens with zero attached hydrogens (tertiary/aromatic N) is 7. The fourth-order valence-electron chi connectivity index (χ4n) is 4.51. The average molecular weight is 553 g/mol. The molecule has 2 aliphatic heterocycles. The molecule has 198 valence electrons. The molecule has 5 rings (SSSR count). The molecule has 1 aromatic heterocycles. The summed E-state index contributed by atoms with van der Waals surface area (Å²) < 4.78 is 0. The highest BCUT2D eigenvalue weighted by Crippen LogP contribution is 2.35. The first-order valence-electron chi connectivity index (χ1n) is 12.8. The van der Waals surface area contributed by atoms with Crippen LogP contribution in [-0.4, -0.2) is 52.3 Å². The summed E-state index contributed by atoms with van der Waals surface area (Å²) in [5.74, 6) is 1.69. The van der Waals surface area contributed by atoms with Crippen LogP contribution in [0.15, 0.2) is 57.4 Å². The number of halogens is 1. The normalized spacial score (nSPS) is 16.1. The zero-order valence-corrected chi connectivity index (χ0v) is 22.5. The van der Waals surface area contributed by atoms with Crippen LogP contribution in [0.5, 0.6) is 0 Å². The van der Waals surface area contributed by atoms with Gasteiger partial charge in [-0.25, -0.2) is 5.43 Å². The third kappa shape index (κ3) is 6.70. The van der Waals surface area contributed by atoms with Crippen LogP contribution in [0.2, 0.25) is 5.02 Å². The van der Waals surface area contributed by atoms with Crippen LogP contribution in [0.3, 0.4) is 0 Å². The minimum absolute atomic E-state index is 0.00818. The molecule has 3 heterocycles. The average Bonchev–Trinajstić information content (AvgIpc) is 2.95. The van der Waals surface area contributed by atoms with Crippen molar-refractivity contribution in [1.29, 1.82) is 0 Å². The van der Waals surface area contributed by atoms with Gasteiger partial charge in [-0.3, -0.25) is 10.1 Å². The Hall–Kier alpha value is -3.44. The number of nitro benzene ring substituents is 1. The number of aromatic nitrogens is 3. The Morgan fingerprint density at radius 3 is 2.08 bits per heavy atom. The standard InChI is InChI=1S/C26H29ClN8O2S/c27-20-8-10-21(11-9-20)38-23-12-7-19(17-22(23)35(36)37)18-28-32-24-29-25(33-13-3-1-4-14-33)31-26(30-24)34-15-5-2-6-16-34/h7-12,17-18H,1-6,13-16H2,(H,29,30,31,32). The van der Waals surface area contributed by atoms with Crippen molar-refractivity contribution < 1.29 is 4.92 Å². The molecule has 12 heteroatoms. The molecular formula is C26H29ClN8O2S. The smallest absolute Gasteiger partial charge is 0.283 e. The van der Waals surface area contributed by atoms with Gasteiger partial charge in [0.2, 0.25) is 17.8 Å². The molecule has 0 unspecified atom stereocenters. The minimum atomic E-state index is -0.384. The van der Waals surface area contributed by atoms with Gasteiger partial charge in [-0.15, -0.1) is 0 Å². The van der Waals surface area contributed by atoms with Crippen LogP contribution in [0.25, 0.3) is 0 Å². The van der Waals surface area contributed by atoms with Gasteiger partial charge in [0.05, 0.1) is 16.0 Å². The number of hydrogen-bond donors (Lipinski definition) is 1. The number of nitrogens with one attached hydrogen (secondary N) is 1. The number of piperidine rings is 2. The molecule has 0 amide bonds. The quantitative estimate of drug-likeness (QED) is 0.204. The van der Waals surface area contributed by atoms with E-state index in [4.69, 9.17) is 16.6 Å². The van der Waals surface area contributed by atoms with Gasteiger partial charge < -0.3 is 9.80 Å². The SMILES string of the molecule is O=[N+]([O-])c1cc(C=NNc2nc(N3CCCCC3)nc(N3CCCCC3)n2)ccc1Sc1ccc(Cl)cc1. The summed E-state index contributed by atoms with van der Waals surface area (Å²) in [6.07, 6.45) is 8.47. The van der Waals surface area contributed by atoms with Crippen molar-refractivity contribution in [1.82, 2.24) is 15.0 Å². The maximum atomic E-state index is 11.8. The van der Waals surface area contributed by atoms with E-state index in [1.54, 1.807) is 24.3 Å².